The number of carbonyl (C=O) groups excluding carboxylic acids is 1. The van der Waals surface area contributed by atoms with Gasteiger partial charge in [-0.3, -0.25) is 9.78 Å². The van der Waals surface area contributed by atoms with E-state index in [0.29, 0.717) is 11.4 Å². The maximum absolute atomic E-state index is 12.7. The second-order valence-corrected chi connectivity index (χ2v) is 8.44. The molecule has 2 aromatic carbocycles. The third kappa shape index (κ3) is 5.55. The zero-order valence-corrected chi connectivity index (χ0v) is 18.3. The molecule has 1 amide bonds. The molecule has 2 heterocycles. The first-order valence-electron chi connectivity index (χ1n) is 10.4. The van der Waals surface area contributed by atoms with Crippen LogP contribution in [0.4, 0.5) is 11.5 Å². The van der Waals surface area contributed by atoms with Crippen LogP contribution in [0, 0.1) is 5.92 Å². The van der Waals surface area contributed by atoms with Crippen LogP contribution in [0.1, 0.15) is 18.4 Å². The Balaban J connectivity index is 1.31. The molecular formula is C24H26N4O2S. The first-order chi connectivity index (χ1) is 15.2. The van der Waals surface area contributed by atoms with Crippen molar-refractivity contribution in [3.8, 4) is 5.75 Å². The number of hydrogen-bond acceptors (Lipinski definition) is 6. The highest BCUT2D eigenvalue weighted by Gasteiger charge is 2.26. The first kappa shape index (κ1) is 21.2. The third-order valence-corrected chi connectivity index (χ3v) is 6.35. The summed E-state index contributed by atoms with van der Waals surface area (Å²) >= 11 is 1.69. The zero-order chi connectivity index (χ0) is 21.5. The molecule has 0 saturated carbocycles. The number of benzene rings is 2. The van der Waals surface area contributed by atoms with Gasteiger partial charge in [-0.25, -0.2) is 4.98 Å². The fourth-order valence-electron chi connectivity index (χ4n) is 3.65. The summed E-state index contributed by atoms with van der Waals surface area (Å²) in [5, 5.41) is 3.93. The number of nitrogens with one attached hydrogen (secondary N) is 1. The van der Waals surface area contributed by atoms with Gasteiger partial charge < -0.3 is 15.0 Å². The molecular weight excluding hydrogens is 408 g/mol. The number of amides is 1. The fourth-order valence-corrected chi connectivity index (χ4v) is 4.45. The average molecular weight is 435 g/mol. The lowest BCUT2D eigenvalue weighted by molar-refractivity contribution is -0.120. The molecule has 0 radical (unpaired) electrons. The molecule has 4 rings (SSSR count). The van der Waals surface area contributed by atoms with E-state index in [1.807, 2.05) is 54.9 Å². The molecule has 1 aliphatic rings. The number of methoxy groups -OCH3 is 1. The van der Waals surface area contributed by atoms with Gasteiger partial charge in [-0.15, -0.1) is 11.8 Å². The second-order valence-electron chi connectivity index (χ2n) is 7.44. The van der Waals surface area contributed by atoms with Gasteiger partial charge in [0.2, 0.25) is 5.91 Å². The molecule has 160 valence electrons. The minimum absolute atomic E-state index is 0.0234. The Morgan fingerprint density at radius 2 is 1.84 bits per heavy atom. The van der Waals surface area contributed by atoms with E-state index in [0.717, 1.165) is 42.5 Å². The van der Waals surface area contributed by atoms with E-state index in [9.17, 15) is 4.79 Å². The number of anilines is 2. The van der Waals surface area contributed by atoms with Gasteiger partial charge in [0.05, 0.1) is 25.2 Å². The number of thioether (sulfide) groups is 1. The lowest BCUT2D eigenvalue weighted by atomic mass is 9.96. The number of hydrogen-bond donors (Lipinski definition) is 1. The Kier molecular flexibility index (Phi) is 7.04. The van der Waals surface area contributed by atoms with Crippen LogP contribution >= 0.6 is 11.8 Å². The summed E-state index contributed by atoms with van der Waals surface area (Å²) in [6, 6.07) is 17.8. The standard InChI is InChI=1S/C24H26N4O2S/c1-30-21-10-6-5-9-20(21)26-24(29)19-11-13-28(14-12-19)22-15-25-16-23(27-22)31-17-18-7-3-2-4-8-18/h2-10,15-16,19H,11-14,17H2,1H3,(H,26,29). The van der Waals surface area contributed by atoms with Gasteiger partial charge in [-0.2, -0.15) is 0 Å². The van der Waals surface area contributed by atoms with Crippen molar-refractivity contribution in [2.75, 3.05) is 30.4 Å². The van der Waals surface area contributed by atoms with Gasteiger partial charge in [0, 0.05) is 24.8 Å². The fraction of sp³-hybridized carbons (Fsp3) is 0.292. The molecule has 1 aliphatic heterocycles. The van der Waals surface area contributed by atoms with Crippen molar-refractivity contribution >= 4 is 29.2 Å². The van der Waals surface area contributed by atoms with Crippen molar-refractivity contribution in [2.45, 2.75) is 23.6 Å². The average Bonchev–Trinajstić information content (AvgIpc) is 2.84. The summed E-state index contributed by atoms with van der Waals surface area (Å²) in [6.45, 7) is 1.57. The minimum atomic E-state index is -0.0234. The van der Waals surface area contributed by atoms with Crippen molar-refractivity contribution in [1.82, 2.24) is 9.97 Å². The number of aromatic nitrogens is 2. The molecule has 3 aromatic rings. The van der Waals surface area contributed by atoms with Crippen LogP contribution < -0.4 is 15.0 Å². The SMILES string of the molecule is COc1ccccc1NC(=O)C1CCN(c2cncc(SCc3ccccc3)n2)CC1. The van der Waals surface area contributed by atoms with Crippen molar-refractivity contribution in [3.05, 3.63) is 72.6 Å². The van der Waals surface area contributed by atoms with Gasteiger partial charge >= 0.3 is 0 Å². The van der Waals surface area contributed by atoms with Crippen molar-refractivity contribution in [3.63, 3.8) is 0 Å². The summed E-state index contributed by atoms with van der Waals surface area (Å²) < 4.78 is 5.33. The summed E-state index contributed by atoms with van der Waals surface area (Å²) in [7, 11) is 1.61. The summed E-state index contributed by atoms with van der Waals surface area (Å²) in [5.41, 5.74) is 1.98. The predicted molar refractivity (Wildman–Crippen MR) is 125 cm³/mol. The number of rotatable bonds is 7. The Labute approximate surface area is 187 Å². The Hall–Kier alpha value is -3.06. The smallest absolute Gasteiger partial charge is 0.227 e. The van der Waals surface area contributed by atoms with Gasteiger partial charge in [0.1, 0.15) is 16.6 Å². The van der Waals surface area contributed by atoms with Crippen LogP contribution in [-0.4, -0.2) is 36.1 Å². The van der Waals surface area contributed by atoms with E-state index in [1.165, 1.54) is 5.56 Å². The maximum Gasteiger partial charge on any atom is 0.227 e. The second kappa shape index (κ2) is 10.3. The quantitative estimate of drug-likeness (QED) is 0.547. The van der Waals surface area contributed by atoms with E-state index >= 15 is 0 Å². The summed E-state index contributed by atoms with van der Waals surface area (Å²) in [4.78, 5) is 24.1. The summed E-state index contributed by atoms with van der Waals surface area (Å²) in [5.74, 6) is 2.44. The van der Waals surface area contributed by atoms with Gasteiger partial charge in [0.15, 0.2) is 0 Å². The zero-order valence-electron chi connectivity index (χ0n) is 17.5. The van der Waals surface area contributed by atoms with E-state index < -0.39 is 0 Å². The van der Waals surface area contributed by atoms with Crippen LogP contribution in [0.2, 0.25) is 0 Å². The molecule has 0 aliphatic carbocycles. The largest absolute Gasteiger partial charge is 0.495 e. The molecule has 1 N–H and O–H groups in total. The van der Waals surface area contributed by atoms with Crippen LogP contribution in [-0.2, 0) is 10.5 Å². The van der Waals surface area contributed by atoms with Crippen molar-refractivity contribution < 1.29 is 9.53 Å². The summed E-state index contributed by atoms with van der Waals surface area (Å²) in [6.07, 6.45) is 5.18. The third-order valence-electron chi connectivity index (χ3n) is 5.38. The molecule has 31 heavy (non-hydrogen) atoms. The predicted octanol–water partition coefficient (Wildman–Crippen LogP) is 4.63. The van der Waals surface area contributed by atoms with E-state index in [2.05, 4.69) is 27.3 Å². The van der Waals surface area contributed by atoms with Crippen molar-refractivity contribution in [1.29, 1.82) is 0 Å². The maximum atomic E-state index is 12.7. The molecule has 1 saturated heterocycles. The molecule has 0 atom stereocenters. The number of piperidine rings is 1. The molecule has 0 bridgehead atoms. The molecule has 1 fully saturated rings. The molecule has 6 nitrogen and oxygen atoms in total. The Bertz CT molecular complexity index is 1010. The Morgan fingerprint density at radius 1 is 1.10 bits per heavy atom. The van der Waals surface area contributed by atoms with Gasteiger partial charge in [-0.05, 0) is 30.5 Å². The van der Waals surface area contributed by atoms with Crippen molar-refractivity contribution in [2.24, 2.45) is 5.92 Å². The van der Waals surface area contributed by atoms with Crippen LogP contribution in [0.3, 0.4) is 0 Å². The highest BCUT2D eigenvalue weighted by Crippen LogP contribution is 2.28. The number of carbonyl (C=O) groups is 1. The number of ether oxygens (including phenoxy) is 1. The van der Waals surface area contributed by atoms with E-state index in [4.69, 9.17) is 9.72 Å². The van der Waals surface area contributed by atoms with Gasteiger partial charge in [-0.1, -0.05) is 42.5 Å². The molecule has 7 heteroatoms. The van der Waals surface area contributed by atoms with Crippen LogP contribution in [0.5, 0.6) is 5.75 Å². The lowest BCUT2D eigenvalue weighted by Gasteiger charge is -2.32. The van der Waals surface area contributed by atoms with E-state index in [-0.39, 0.29) is 11.8 Å². The van der Waals surface area contributed by atoms with Gasteiger partial charge in [0.25, 0.3) is 0 Å². The van der Waals surface area contributed by atoms with Crippen LogP contribution in [0.15, 0.2) is 72.0 Å². The molecule has 0 unspecified atom stereocenters. The number of nitrogens with zero attached hydrogens (tertiary/aromatic N) is 3. The molecule has 0 spiro atoms. The lowest BCUT2D eigenvalue weighted by Crippen LogP contribution is -2.38. The monoisotopic (exact) mass is 434 g/mol. The van der Waals surface area contributed by atoms with Crippen LogP contribution in [0.25, 0.3) is 0 Å². The minimum Gasteiger partial charge on any atom is -0.495 e. The highest BCUT2D eigenvalue weighted by atomic mass is 32.2. The Morgan fingerprint density at radius 3 is 2.61 bits per heavy atom. The normalized spacial score (nSPS) is 14.3. The molecule has 1 aromatic heterocycles. The highest BCUT2D eigenvalue weighted by molar-refractivity contribution is 7.98. The topological polar surface area (TPSA) is 67.3 Å². The first-order valence-corrected chi connectivity index (χ1v) is 11.4. The number of para-hydroxylation sites is 2. The van der Waals surface area contributed by atoms with E-state index in [1.54, 1.807) is 18.9 Å².